The number of nitrogens with one attached hydrogen (secondary N) is 1. The Bertz CT molecular complexity index is 1350. The highest BCUT2D eigenvalue weighted by Gasteiger charge is 2.24. The zero-order valence-corrected chi connectivity index (χ0v) is 55.5. The van der Waals surface area contributed by atoms with E-state index in [0.29, 0.717) is 23.9 Å². The van der Waals surface area contributed by atoms with E-state index in [2.05, 4.69) is 43.5 Å². The predicted octanol–water partition coefficient (Wildman–Crippen LogP) is 22.0. The van der Waals surface area contributed by atoms with E-state index >= 15 is 0 Å². The third kappa shape index (κ3) is 64.5. The lowest BCUT2D eigenvalue weighted by Crippen LogP contribution is -2.46. The van der Waals surface area contributed by atoms with Gasteiger partial charge in [0.05, 0.1) is 39.9 Å². The van der Waals surface area contributed by atoms with Crippen LogP contribution in [0.25, 0.3) is 0 Å². The van der Waals surface area contributed by atoms with Gasteiger partial charge in [-0.3, -0.25) is 9.36 Å². The van der Waals surface area contributed by atoms with E-state index in [1.165, 1.54) is 302 Å². The van der Waals surface area contributed by atoms with Crippen molar-refractivity contribution in [3.05, 3.63) is 24.3 Å². The lowest BCUT2D eigenvalue weighted by molar-refractivity contribution is -0.870. The Morgan fingerprint density at radius 1 is 0.438 bits per heavy atom. The number of aliphatic hydroxyl groups is 1. The molecule has 0 radical (unpaired) electrons. The summed E-state index contributed by atoms with van der Waals surface area (Å²) in [5.41, 5.74) is 0. The van der Waals surface area contributed by atoms with Gasteiger partial charge in [0.15, 0.2) is 0 Å². The van der Waals surface area contributed by atoms with Crippen LogP contribution in [-0.4, -0.2) is 68.5 Å². The molecule has 0 heterocycles. The molecule has 0 saturated carbocycles. The average Bonchev–Trinajstić information content (AvgIpc) is 3.42. The van der Waals surface area contributed by atoms with Crippen LogP contribution in [0.3, 0.4) is 0 Å². The lowest BCUT2D eigenvalue weighted by Gasteiger charge is -2.30. The number of carbonyl (C=O) groups excluding carboxylic acids is 1. The number of aliphatic hydroxyl groups excluding tert-OH is 1. The number of rotatable bonds is 67. The van der Waals surface area contributed by atoms with Crippen LogP contribution in [-0.2, 0) is 18.4 Å². The largest absolute Gasteiger partial charge is 0.756 e. The number of hydrogen-bond acceptors (Lipinski definition) is 6. The first kappa shape index (κ1) is 79.0. The van der Waals surface area contributed by atoms with Crippen molar-refractivity contribution in [3.63, 3.8) is 0 Å². The number of unbranched alkanes of at least 4 members (excludes halogenated alkanes) is 50. The molecule has 0 bridgehead atoms. The fourth-order valence-electron chi connectivity index (χ4n) is 11.1. The van der Waals surface area contributed by atoms with Gasteiger partial charge >= 0.3 is 0 Å². The quantitative estimate of drug-likeness (QED) is 0.0272. The molecule has 0 aliphatic carbocycles. The van der Waals surface area contributed by atoms with Crippen molar-refractivity contribution in [1.29, 1.82) is 0 Å². The van der Waals surface area contributed by atoms with E-state index in [4.69, 9.17) is 9.05 Å². The SMILES string of the molecule is CCCCCCC/C=C\C/C=C\CCCCCCCCCCCCCCCCCCCCCC(=O)NC(COP(=O)([O-])OCC[N+](C)(C)C)C(O)CCCCCCCCCCCCCCCCCCCCCCCCCCCCC. The summed E-state index contributed by atoms with van der Waals surface area (Å²) in [4.78, 5) is 25.7. The first-order valence-corrected chi connectivity index (χ1v) is 37.1. The van der Waals surface area contributed by atoms with E-state index in [0.717, 1.165) is 44.9 Å². The van der Waals surface area contributed by atoms with E-state index in [1.807, 2.05) is 21.1 Å². The molecule has 9 heteroatoms. The topological polar surface area (TPSA) is 108 Å². The van der Waals surface area contributed by atoms with Gasteiger partial charge in [0, 0.05) is 6.42 Å². The number of nitrogens with zero attached hydrogens (tertiary/aromatic N) is 1. The molecule has 476 valence electrons. The summed E-state index contributed by atoms with van der Waals surface area (Å²) in [5.74, 6) is -0.156. The fourth-order valence-corrected chi connectivity index (χ4v) is 11.9. The van der Waals surface area contributed by atoms with Crippen molar-refractivity contribution in [2.45, 2.75) is 386 Å². The minimum absolute atomic E-state index is 0.0151. The van der Waals surface area contributed by atoms with Crippen LogP contribution in [0.2, 0.25) is 0 Å². The second-order valence-corrected chi connectivity index (χ2v) is 27.4. The molecule has 2 N–H and O–H groups in total. The molecule has 0 spiro atoms. The summed E-state index contributed by atoms with van der Waals surface area (Å²) in [6.07, 6.45) is 81.1. The van der Waals surface area contributed by atoms with Crippen molar-refractivity contribution >= 4 is 13.7 Å². The fraction of sp³-hybridized carbons (Fsp3) is 0.930. The number of likely N-dealkylation sites (N-methyl/N-ethyl adjacent to an activating group) is 1. The minimum atomic E-state index is -4.58. The monoisotopic (exact) mass is 1150 g/mol. The number of amides is 1. The Labute approximate surface area is 500 Å². The normalized spacial score (nSPS) is 13.7. The molecule has 0 fully saturated rings. The second kappa shape index (κ2) is 62.5. The Morgan fingerprint density at radius 3 is 1.04 bits per heavy atom. The van der Waals surface area contributed by atoms with E-state index in [1.54, 1.807) is 0 Å². The number of hydrogen-bond donors (Lipinski definition) is 2. The molecule has 0 rings (SSSR count). The van der Waals surface area contributed by atoms with Gasteiger partial charge in [0.25, 0.3) is 7.82 Å². The van der Waals surface area contributed by atoms with Crippen LogP contribution < -0.4 is 10.2 Å². The number of carbonyl (C=O) groups is 1. The number of quaternary nitrogens is 1. The summed E-state index contributed by atoms with van der Waals surface area (Å²) in [6.45, 7) is 4.78. The maximum Gasteiger partial charge on any atom is 0.268 e. The first-order chi connectivity index (χ1) is 39.0. The molecule has 1 amide bonds. The lowest BCUT2D eigenvalue weighted by atomic mass is 10.0. The molecule has 0 saturated heterocycles. The van der Waals surface area contributed by atoms with E-state index in [9.17, 15) is 19.4 Å². The predicted molar refractivity (Wildman–Crippen MR) is 349 cm³/mol. The number of allylic oxidation sites excluding steroid dienone is 4. The van der Waals surface area contributed by atoms with Gasteiger partial charge < -0.3 is 28.8 Å². The van der Waals surface area contributed by atoms with Gasteiger partial charge in [0.1, 0.15) is 13.2 Å². The summed E-state index contributed by atoms with van der Waals surface area (Å²) in [5, 5.41) is 14.1. The molecule has 0 aromatic heterocycles. The summed E-state index contributed by atoms with van der Waals surface area (Å²) in [7, 11) is 1.33. The highest BCUT2D eigenvalue weighted by atomic mass is 31.2. The van der Waals surface area contributed by atoms with Gasteiger partial charge in [-0.05, 0) is 44.9 Å². The Morgan fingerprint density at radius 2 is 0.725 bits per heavy atom. The molecule has 80 heavy (non-hydrogen) atoms. The molecule has 0 aromatic carbocycles. The zero-order chi connectivity index (χ0) is 58.4. The summed E-state index contributed by atoms with van der Waals surface area (Å²) in [6, 6.07) is -0.800. The minimum Gasteiger partial charge on any atom is -0.756 e. The molecule has 0 aliphatic heterocycles. The molecule has 8 nitrogen and oxygen atoms in total. The van der Waals surface area contributed by atoms with Crippen molar-refractivity contribution in [3.8, 4) is 0 Å². The smallest absolute Gasteiger partial charge is 0.268 e. The Kier molecular flexibility index (Phi) is 61.7. The number of phosphoric acid groups is 1. The third-order valence-electron chi connectivity index (χ3n) is 16.7. The van der Waals surface area contributed by atoms with Crippen LogP contribution in [0.5, 0.6) is 0 Å². The van der Waals surface area contributed by atoms with Crippen LogP contribution in [0.4, 0.5) is 0 Å². The Balaban J connectivity index is 3.99. The summed E-state index contributed by atoms with van der Waals surface area (Å²) >= 11 is 0. The van der Waals surface area contributed by atoms with Crippen LogP contribution in [0, 0.1) is 0 Å². The molecule has 3 unspecified atom stereocenters. The van der Waals surface area contributed by atoms with Crippen molar-refractivity contribution in [2.75, 3.05) is 40.9 Å². The Hall–Kier alpha value is -1.02. The van der Waals surface area contributed by atoms with Gasteiger partial charge in [-0.1, -0.05) is 346 Å². The van der Waals surface area contributed by atoms with Crippen molar-refractivity contribution in [1.82, 2.24) is 5.32 Å². The van der Waals surface area contributed by atoms with Crippen molar-refractivity contribution < 1.29 is 32.9 Å². The highest BCUT2D eigenvalue weighted by molar-refractivity contribution is 7.45. The van der Waals surface area contributed by atoms with Gasteiger partial charge in [-0.15, -0.1) is 0 Å². The average molecular weight is 1150 g/mol. The molecular formula is C71H141N2O6P. The highest BCUT2D eigenvalue weighted by Crippen LogP contribution is 2.38. The molecule has 3 atom stereocenters. The second-order valence-electron chi connectivity index (χ2n) is 26.0. The first-order valence-electron chi connectivity index (χ1n) is 35.7. The van der Waals surface area contributed by atoms with E-state index < -0.39 is 20.0 Å². The maximum absolute atomic E-state index is 13.1. The van der Waals surface area contributed by atoms with Crippen LogP contribution in [0.15, 0.2) is 24.3 Å². The van der Waals surface area contributed by atoms with E-state index in [-0.39, 0.29) is 19.1 Å². The summed E-state index contributed by atoms with van der Waals surface area (Å²) < 4.78 is 23.6. The molecule has 0 aromatic rings. The standard InChI is InChI=1S/C71H141N2O6P/c1-6-8-10-12-14-16-18-20-22-24-26-28-30-32-34-35-36-37-39-41-43-45-47-49-51-53-55-57-59-61-63-65-71(75)72-69(68-79-80(76,77)78-67-66-73(3,4)5)70(74)64-62-60-58-56-54-52-50-48-46-44-42-40-38-33-31-29-27-25-23-21-19-17-15-13-11-9-7-2/h18,20,24,26,69-70,74H,6-17,19,21-23,25,27-68H2,1-5H3,(H-,72,75,76,77)/b20-18-,26-24-. The zero-order valence-electron chi connectivity index (χ0n) is 54.6. The molecular weight excluding hydrogens is 1010 g/mol. The van der Waals surface area contributed by atoms with Gasteiger partial charge in [0.2, 0.25) is 5.91 Å². The van der Waals surface area contributed by atoms with Crippen molar-refractivity contribution in [2.24, 2.45) is 0 Å². The molecule has 0 aliphatic rings. The number of phosphoric ester groups is 1. The van der Waals surface area contributed by atoms with Gasteiger partial charge in [-0.25, -0.2) is 0 Å². The van der Waals surface area contributed by atoms with Crippen LogP contribution in [0.1, 0.15) is 373 Å². The van der Waals surface area contributed by atoms with Crippen LogP contribution >= 0.6 is 7.82 Å². The maximum atomic E-state index is 13.1. The third-order valence-corrected chi connectivity index (χ3v) is 17.7. The van der Waals surface area contributed by atoms with Gasteiger partial charge in [-0.2, -0.15) is 0 Å².